The number of imide groups is 1. The molecule has 148 valence electrons. The van der Waals surface area contributed by atoms with Crippen molar-refractivity contribution in [3.8, 4) is 5.75 Å². The minimum Gasteiger partial charge on any atom is -0.493 e. The van der Waals surface area contributed by atoms with E-state index >= 15 is 0 Å². The number of hydrogen-bond donors (Lipinski definition) is 1. The van der Waals surface area contributed by atoms with Crippen LogP contribution in [0.25, 0.3) is 6.08 Å². The Bertz CT molecular complexity index is 1040. The third-order valence-electron chi connectivity index (χ3n) is 4.64. The molecule has 0 aromatic heterocycles. The number of nitrogens with zero attached hydrogens (tertiary/aromatic N) is 1. The molecule has 1 fully saturated rings. The smallest absolute Gasteiger partial charge is 0.293 e. The number of halogens is 1. The number of amides is 3. The molecule has 2 aromatic carbocycles. The fourth-order valence-electron chi connectivity index (χ4n) is 3.14. The van der Waals surface area contributed by atoms with Gasteiger partial charge in [0.2, 0.25) is 0 Å². The Balaban J connectivity index is 1.36. The number of carbonyl (C=O) groups excluding carboxylic acids is 3. The largest absolute Gasteiger partial charge is 0.493 e. The Morgan fingerprint density at radius 1 is 1.24 bits per heavy atom. The van der Waals surface area contributed by atoms with Crippen LogP contribution in [0.4, 0.5) is 9.18 Å². The minimum atomic E-state index is -0.493. The monoisotopic (exact) mass is 412 g/mol. The molecule has 0 spiro atoms. The zero-order valence-corrected chi connectivity index (χ0v) is 16.1. The fraction of sp³-hybridized carbons (Fsp3) is 0.190. The lowest BCUT2D eigenvalue weighted by Gasteiger charge is -2.13. The van der Waals surface area contributed by atoms with Crippen molar-refractivity contribution in [1.29, 1.82) is 0 Å². The third kappa shape index (κ3) is 4.02. The van der Waals surface area contributed by atoms with Crippen LogP contribution in [0.5, 0.6) is 5.75 Å². The van der Waals surface area contributed by atoms with Gasteiger partial charge < -0.3 is 10.1 Å². The predicted octanol–water partition coefficient (Wildman–Crippen LogP) is 3.23. The Hall–Kier alpha value is -3.13. The summed E-state index contributed by atoms with van der Waals surface area (Å²) in [6.45, 7) is 0.774. The van der Waals surface area contributed by atoms with E-state index in [-0.39, 0.29) is 29.5 Å². The molecule has 1 N–H and O–H groups in total. The molecule has 2 heterocycles. The summed E-state index contributed by atoms with van der Waals surface area (Å²) in [5, 5.41) is 2.27. The van der Waals surface area contributed by atoms with Gasteiger partial charge in [0.1, 0.15) is 11.6 Å². The second-order valence-electron chi connectivity index (χ2n) is 6.53. The first-order chi connectivity index (χ1) is 14.0. The second-order valence-corrected chi connectivity index (χ2v) is 7.52. The molecule has 0 aliphatic carbocycles. The zero-order valence-electron chi connectivity index (χ0n) is 15.3. The Morgan fingerprint density at radius 2 is 2.07 bits per heavy atom. The van der Waals surface area contributed by atoms with Crippen molar-refractivity contribution in [1.82, 2.24) is 10.2 Å². The van der Waals surface area contributed by atoms with Gasteiger partial charge in [0.05, 0.1) is 11.5 Å². The molecule has 0 unspecified atom stereocenters. The SMILES string of the molecule is O=C(NCCN1C(=O)S/C(=C\c2ccccc2F)C1=O)c1ccc2c(c1)CCO2. The molecule has 29 heavy (non-hydrogen) atoms. The molecule has 6 nitrogen and oxygen atoms in total. The zero-order chi connectivity index (χ0) is 20.4. The maximum Gasteiger partial charge on any atom is 0.293 e. The number of ether oxygens (including phenoxy) is 1. The summed E-state index contributed by atoms with van der Waals surface area (Å²) in [6, 6.07) is 11.3. The summed E-state index contributed by atoms with van der Waals surface area (Å²) in [5.41, 5.74) is 1.73. The molecular formula is C21H17FN2O4S. The normalized spacial score (nSPS) is 16.9. The van der Waals surface area contributed by atoms with Crippen LogP contribution < -0.4 is 10.1 Å². The quantitative estimate of drug-likeness (QED) is 0.764. The molecule has 4 rings (SSSR count). The average molecular weight is 412 g/mol. The topological polar surface area (TPSA) is 75.7 Å². The van der Waals surface area contributed by atoms with E-state index in [0.29, 0.717) is 12.2 Å². The number of rotatable bonds is 5. The van der Waals surface area contributed by atoms with Crippen LogP contribution in [0.1, 0.15) is 21.5 Å². The fourth-order valence-corrected chi connectivity index (χ4v) is 3.99. The van der Waals surface area contributed by atoms with Gasteiger partial charge in [-0.2, -0.15) is 0 Å². The molecule has 1 saturated heterocycles. The molecule has 2 aliphatic rings. The lowest BCUT2D eigenvalue weighted by molar-refractivity contribution is -0.122. The predicted molar refractivity (Wildman–Crippen MR) is 107 cm³/mol. The molecule has 8 heteroatoms. The van der Waals surface area contributed by atoms with Gasteiger partial charge in [-0.3, -0.25) is 19.3 Å². The Labute approximate surface area is 170 Å². The van der Waals surface area contributed by atoms with Crippen LogP contribution in [0, 0.1) is 5.82 Å². The first kappa shape index (κ1) is 19.2. The summed E-state index contributed by atoms with van der Waals surface area (Å²) >= 11 is 0.759. The van der Waals surface area contributed by atoms with Crippen LogP contribution in [0.15, 0.2) is 47.4 Å². The van der Waals surface area contributed by atoms with E-state index in [1.165, 1.54) is 18.2 Å². The van der Waals surface area contributed by atoms with Crippen LogP contribution >= 0.6 is 11.8 Å². The highest BCUT2D eigenvalue weighted by atomic mass is 32.2. The highest BCUT2D eigenvalue weighted by Crippen LogP contribution is 2.32. The van der Waals surface area contributed by atoms with Gasteiger partial charge in [0.25, 0.3) is 17.1 Å². The third-order valence-corrected chi connectivity index (χ3v) is 5.55. The van der Waals surface area contributed by atoms with Crippen molar-refractivity contribution in [3.63, 3.8) is 0 Å². The van der Waals surface area contributed by atoms with Crippen molar-refractivity contribution in [2.24, 2.45) is 0 Å². The van der Waals surface area contributed by atoms with Gasteiger partial charge in [0, 0.05) is 30.6 Å². The first-order valence-corrected chi connectivity index (χ1v) is 9.88. The van der Waals surface area contributed by atoms with Gasteiger partial charge in [-0.1, -0.05) is 18.2 Å². The second kappa shape index (κ2) is 8.08. The van der Waals surface area contributed by atoms with Crippen LogP contribution in [-0.2, 0) is 11.2 Å². The number of benzene rings is 2. The van der Waals surface area contributed by atoms with E-state index in [1.807, 2.05) is 0 Å². The van der Waals surface area contributed by atoms with Crippen molar-refractivity contribution in [3.05, 3.63) is 69.9 Å². The standard InChI is InChI=1S/C21H17FN2O4S/c22-16-4-2-1-3-13(16)12-18-20(26)24(21(27)29-18)9-8-23-19(25)15-5-6-17-14(11-15)7-10-28-17/h1-6,11-12H,7-10H2,(H,23,25)/b18-12-. The molecule has 3 amide bonds. The number of carbonyl (C=O) groups is 3. The van der Waals surface area contributed by atoms with E-state index < -0.39 is 17.0 Å². The molecule has 0 radical (unpaired) electrons. The highest BCUT2D eigenvalue weighted by Gasteiger charge is 2.34. The summed E-state index contributed by atoms with van der Waals surface area (Å²) in [5.74, 6) is -0.451. The summed E-state index contributed by atoms with van der Waals surface area (Å²) < 4.78 is 19.2. The van der Waals surface area contributed by atoms with E-state index in [9.17, 15) is 18.8 Å². The van der Waals surface area contributed by atoms with Gasteiger partial charge in [0.15, 0.2) is 0 Å². The maximum absolute atomic E-state index is 13.8. The summed E-state index contributed by atoms with van der Waals surface area (Å²) in [4.78, 5) is 38.2. The lowest BCUT2D eigenvalue weighted by Crippen LogP contribution is -2.37. The van der Waals surface area contributed by atoms with Crippen molar-refractivity contribution in [2.45, 2.75) is 6.42 Å². The molecule has 0 saturated carbocycles. The van der Waals surface area contributed by atoms with Crippen LogP contribution in [-0.4, -0.2) is 41.6 Å². The van der Waals surface area contributed by atoms with Gasteiger partial charge in [-0.25, -0.2) is 4.39 Å². The molecule has 0 atom stereocenters. The molecule has 2 aromatic rings. The lowest BCUT2D eigenvalue weighted by atomic mass is 10.1. The number of fused-ring (bicyclic) bond motifs is 1. The Morgan fingerprint density at radius 3 is 2.90 bits per heavy atom. The van der Waals surface area contributed by atoms with Gasteiger partial charge in [-0.05, 0) is 47.7 Å². The van der Waals surface area contributed by atoms with Crippen molar-refractivity contribution >= 4 is 34.9 Å². The first-order valence-electron chi connectivity index (χ1n) is 9.07. The maximum atomic E-state index is 13.8. The van der Waals surface area contributed by atoms with E-state index in [1.54, 1.807) is 30.3 Å². The molecular weight excluding hydrogens is 395 g/mol. The van der Waals surface area contributed by atoms with E-state index in [4.69, 9.17) is 4.74 Å². The molecule has 0 bridgehead atoms. The summed E-state index contributed by atoms with van der Waals surface area (Å²) in [7, 11) is 0. The van der Waals surface area contributed by atoms with Crippen LogP contribution in [0.2, 0.25) is 0 Å². The number of hydrogen-bond acceptors (Lipinski definition) is 5. The summed E-state index contributed by atoms with van der Waals surface area (Å²) in [6.07, 6.45) is 2.13. The number of nitrogens with one attached hydrogen (secondary N) is 1. The van der Waals surface area contributed by atoms with Crippen molar-refractivity contribution < 1.29 is 23.5 Å². The van der Waals surface area contributed by atoms with Crippen LogP contribution in [0.3, 0.4) is 0 Å². The van der Waals surface area contributed by atoms with E-state index in [2.05, 4.69) is 5.32 Å². The minimum absolute atomic E-state index is 0.0407. The highest BCUT2D eigenvalue weighted by molar-refractivity contribution is 8.18. The number of thioether (sulfide) groups is 1. The Kier molecular flexibility index (Phi) is 5.35. The average Bonchev–Trinajstić information content (AvgIpc) is 3.28. The van der Waals surface area contributed by atoms with Gasteiger partial charge >= 0.3 is 0 Å². The van der Waals surface area contributed by atoms with E-state index in [0.717, 1.165) is 34.4 Å². The van der Waals surface area contributed by atoms with Gasteiger partial charge in [-0.15, -0.1) is 0 Å². The van der Waals surface area contributed by atoms with Crippen molar-refractivity contribution in [2.75, 3.05) is 19.7 Å². The molecule has 2 aliphatic heterocycles.